The molecule has 10 heteroatoms. The van der Waals surface area contributed by atoms with Gasteiger partial charge in [-0.1, -0.05) is 55.3 Å². The van der Waals surface area contributed by atoms with Crippen LogP contribution in [0.3, 0.4) is 0 Å². The first-order valence-electron chi connectivity index (χ1n) is 12.8. The van der Waals surface area contributed by atoms with Crippen molar-refractivity contribution in [2.75, 3.05) is 19.6 Å². The van der Waals surface area contributed by atoms with Gasteiger partial charge in [-0.2, -0.15) is 0 Å². The molecule has 2 saturated heterocycles. The third-order valence-electron chi connectivity index (χ3n) is 6.85. The molecule has 5 rings (SSSR count). The molecule has 39 heavy (non-hydrogen) atoms. The number of fused-ring (bicyclic) bond motifs is 1. The Morgan fingerprint density at radius 2 is 1.77 bits per heavy atom. The van der Waals surface area contributed by atoms with Crippen LogP contribution in [0, 0.1) is 10.1 Å². The van der Waals surface area contributed by atoms with Crippen LogP contribution in [0.25, 0.3) is 16.8 Å². The van der Waals surface area contributed by atoms with E-state index in [1.165, 1.54) is 12.1 Å². The topological polar surface area (TPSA) is 110 Å². The number of hydrogen-bond acceptors (Lipinski definition) is 7. The van der Waals surface area contributed by atoms with E-state index in [9.17, 15) is 24.5 Å². The van der Waals surface area contributed by atoms with E-state index in [1.807, 2.05) is 30.3 Å². The van der Waals surface area contributed by atoms with Crippen LogP contribution in [-0.2, 0) is 16.2 Å². The Hall–Kier alpha value is -4.18. The molecule has 3 aromatic carbocycles. The van der Waals surface area contributed by atoms with E-state index in [-0.39, 0.29) is 29.7 Å². The van der Waals surface area contributed by atoms with E-state index in [0.29, 0.717) is 30.0 Å². The molecule has 2 fully saturated rings. The third-order valence-corrected chi connectivity index (χ3v) is 7.75. The van der Waals surface area contributed by atoms with Crippen molar-refractivity contribution in [1.29, 1.82) is 0 Å². The summed E-state index contributed by atoms with van der Waals surface area (Å²) >= 11 is 0.804. The number of hydrogen-bond donors (Lipinski definition) is 0. The number of imide groups is 1. The Balaban J connectivity index is 1.41. The first-order valence-corrected chi connectivity index (χ1v) is 13.6. The molecule has 0 spiro atoms. The Kier molecular flexibility index (Phi) is 7.92. The zero-order valence-electron chi connectivity index (χ0n) is 21.2. The monoisotopic (exact) mass is 545 g/mol. The highest BCUT2D eigenvalue weighted by atomic mass is 32.2. The van der Waals surface area contributed by atoms with Gasteiger partial charge in [0.2, 0.25) is 5.91 Å². The predicted molar refractivity (Wildman–Crippen MR) is 149 cm³/mol. The van der Waals surface area contributed by atoms with Crippen LogP contribution in [0.4, 0.5) is 10.5 Å². The lowest BCUT2D eigenvalue weighted by Crippen LogP contribution is -2.42. The van der Waals surface area contributed by atoms with E-state index in [4.69, 9.17) is 4.74 Å². The van der Waals surface area contributed by atoms with Crippen molar-refractivity contribution < 1.29 is 24.0 Å². The molecular formula is C29H27N3O6S. The molecule has 0 atom stereocenters. The van der Waals surface area contributed by atoms with Crippen LogP contribution in [0.15, 0.2) is 65.6 Å². The van der Waals surface area contributed by atoms with E-state index in [0.717, 1.165) is 53.1 Å². The zero-order valence-corrected chi connectivity index (χ0v) is 22.0. The molecule has 9 nitrogen and oxygen atoms in total. The quantitative estimate of drug-likeness (QED) is 0.211. The largest absolute Gasteiger partial charge is 0.488 e. The predicted octanol–water partition coefficient (Wildman–Crippen LogP) is 5.77. The molecule has 0 N–H and O–H groups in total. The minimum atomic E-state index is -0.509. The molecule has 0 unspecified atom stereocenters. The average molecular weight is 546 g/mol. The lowest BCUT2D eigenvalue weighted by molar-refractivity contribution is -0.384. The maximum absolute atomic E-state index is 13.3. The second-order valence-corrected chi connectivity index (χ2v) is 10.5. The van der Waals surface area contributed by atoms with Crippen LogP contribution in [0.2, 0.25) is 0 Å². The molecule has 200 valence electrons. The van der Waals surface area contributed by atoms with Gasteiger partial charge in [-0.05, 0) is 53.1 Å². The number of likely N-dealkylation sites (tertiary alicyclic amines) is 1. The summed E-state index contributed by atoms with van der Waals surface area (Å²) in [7, 11) is 0. The maximum atomic E-state index is 13.3. The van der Waals surface area contributed by atoms with Crippen molar-refractivity contribution in [3.8, 4) is 5.75 Å². The summed E-state index contributed by atoms with van der Waals surface area (Å²) in [4.78, 5) is 52.6. The molecule has 3 amide bonds. The number of nitro benzene ring substituents is 1. The second-order valence-electron chi connectivity index (χ2n) is 9.48. The number of carbonyl (C=O) groups is 3. The normalized spacial score (nSPS) is 17.1. The number of non-ortho nitro benzene ring substituents is 1. The first kappa shape index (κ1) is 26.4. The van der Waals surface area contributed by atoms with E-state index in [2.05, 4.69) is 0 Å². The maximum Gasteiger partial charge on any atom is 0.294 e. The van der Waals surface area contributed by atoms with E-state index >= 15 is 0 Å². The average Bonchev–Trinajstić information content (AvgIpc) is 3.12. The highest BCUT2D eigenvalue weighted by Gasteiger charge is 2.37. The Bertz CT molecular complexity index is 1480. The van der Waals surface area contributed by atoms with Crippen LogP contribution in [0.5, 0.6) is 5.75 Å². The number of nitro groups is 1. The van der Waals surface area contributed by atoms with Crippen molar-refractivity contribution in [2.24, 2.45) is 0 Å². The molecule has 2 heterocycles. The van der Waals surface area contributed by atoms with E-state index in [1.54, 1.807) is 29.2 Å². The summed E-state index contributed by atoms with van der Waals surface area (Å²) in [6, 6.07) is 17.5. The minimum absolute atomic E-state index is 0.0294. The Morgan fingerprint density at radius 1 is 1.00 bits per heavy atom. The molecule has 2 aliphatic heterocycles. The number of nitrogens with zero attached hydrogens (tertiary/aromatic N) is 3. The lowest BCUT2D eigenvalue weighted by Gasteiger charge is -2.22. The summed E-state index contributed by atoms with van der Waals surface area (Å²) in [6.45, 7) is 1.10. The number of carbonyl (C=O) groups excluding carboxylic acids is 3. The fourth-order valence-electron chi connectivity index (χ4n) is 4.79. The zero-order chi connectivity index (χ0) is 27.4. The molecule has 2 aliphatic rings. The van der Waals surface area contributed by atoms with Gasteiger partial charge in [0.05, 0.1) is 9.83 Å². The van der Waals surface area contributed by atoms with Gasteiger partial charge in [-0.3, -0.25) is 29.4 Å². The fraction of sp³-hybridized carbons (Fsp3) is 0.276. The smallest absolute Gasteiger partial charge is 0.294 e. The van der Waals surface area contributed by atoms with Crippen molar-refractivity contribution in [3.63, 3.8) is 0 Å². The molecule has 0 aromatic heterocycles. The number of amides is 3. The molecule has 3 aromatic rings. The van der Waals surface area contributed by atoms with Gasteiger partial charge in [0.15, 0.2) is 0 Å². The van der Waals surface area contributed by atoms with Crippen molar-refractivity contribution >= 4 is 51.4 Å². The standard InChI is InChI=1S/C29H27N3O6S/c33-27(30-14-5-1-2-6-15-30)18-31-28(34)26(39-29(31)35)17-24-23-11-4-3-9-21(23)12-13-25(24)38-19-20-8-7-10-22(16-20)32(36)37/h3-4,7-13,16-17H,1-2,5-6,14-15,18-19H2. The number of ether oxygens (including phenoxy) is 1. The first-order chi connectivity index (χ1) is 18.9. The third kappa shape index (κ3) is 5.96. The summed E-state index contributed by atoms with van der Waals surface area (Å²) < 4.78 is 6.07. The van der Waals surface area contributed by atoms with Crippen LogP contribution >= 0.6 is 11.8 Å². The van der Waals surface area contributed by atoms with Gasteiger partial charge in [-0.15, -0.1) is 0 Å². The van der Waals surface area contributed by atoms with Crippen molar-refractivity contribution in [2.45, 2.75) is 32.3 Å². The van der Waals surface area contributed by atoms with Gasteiger partial charge >= 0.3 is 0 Å². The van der Waals surface area contributed by atoms with E-state index < -0.39 is 16.1 Å². The van der Waals surface area contributed by atoms with Crippen molar-refractivity contribution in [3.05, 3.63) is 86.8 Å². The Labute approximate surface area is 229 Å². The summed E-state index contributed by atoms with van der Waals surface area (Å²) in [5.41, 5.74) is 1.21. The number of thioether (sulfide) groups is 1. The minimum Gasteiger partial charge on any atom is -0.488 e. The molecule has 0 radical (unpaired) electrons. The van der Waals surface area contributed by atoms with Gasteiger partial charge in [-0.25, -0.2) is 0 Å². The summed E-state index contributed by atoms with van der Waals surface area (Å²) in [5, 5.41) is 12.4. The fourth-order valence-corrected chi connectivity index (χ4v) is 5.61. The second kappa shape index (κ2) is 11.7. The molecular weight excluding hydrogens is 518 g/mol. The molecule has 0 aliphatic carbocycles. The lowest BCUT2D eigenvalue weighted by atomic mass is 10.0. The van der Waals surface area contributed by atoms with Crippen LogP contribution < -0.4 is 4.74 Å². The Morgan fingerprint density at radius 3 is 2.54 bits per heavy atom. The summed E-state index contributed by atoms with van der Waals surface area (Å²) in [5.74, 6) is -0.259. The molecule has 0 saturated carbocycles. The highest BCUT2D eigenvalue weighted by Crippen LogP contribution is 2.37. The SMILES string of the molecule is O=C(CN1C(=O)SC(=Cc2c(OCc3cccc([N+](=O)[O-])c3)ccc3ccccc23)C1=O)N1CCCCCC1. The number of benzene rings is 3. The van der Waals surface area contributed by atoms with Gasteiger partial charge in [0.25, 0.3) is 16.8 Å². The van der Waals surface area contributed by atoms with Crippen LogP contribution in [0.1, 0.15) is 36.8 Å². The van der Waals surface area contributed by atoms with Crippen molar-refractivity contribution in [1.82, 2.24) is 9.80 Å². The van der Waals surface area contributed by atoms with Crippen LogP contribution in [-0.4, -0.2) is 51.4 Å². The highest BCUT2D eigenvalue weighted by molar-refractivity contribution is 8.18. The molecule has 0 bridgehead atoms. The van der Waals surface area contributed by atoms with Gasteiger partial charge in [0, 0.05) is 30.8 Å². The summed E-state index contributed by atoms with van der Waals surface area (Å²) in [6.07, 6.45) is 5.63. The van der Waals surface area contributed by atoms with Gasteiger partial charge < -0.3 is 9.64 Å². The number of rotatable bonds is 7. The van der Waals surface area contributed by atoms with Gasteiger partial charge in [0.1, 0.15) is 18.9 Å².